The van der Waals surface area contributed by atoms with Crippen molar-refractivity contribution in [1.29, 1.82) is 0 Å². The molecule has 2 aliphatic rings. The number of nitrogens with one attached hydrogen (secondary N) is 1. The zero-order chi connectivity index (χ0) is 20.9. The molecule has 0 saturated carbocycles. The molecule has 2 aliphatic heterocycles. The van der Waals surface area contributed by atoms with Gasteiger partial charge in [0, 0.05) is 11.1 Å². The van der Waals surface area contributed by atoms with E-state index in [-0.39, 0.29) is 11.7 Å². The Morgan fingerprint density at radius 1 is 1.28 bits per heavy atom. The van der Waals surface area contributed by atoms with Crippen LogP contribution in [0.25, 0.3) is 11.1 Å². The third-order valence-electron chi connectivity index (χ3n) is 5.47. The Kier molecular flexibility index (Phi) is 4.37. The highest BCUT2D eigenvalue weighted by molar-refractivity contribution is 6.09. The van der Waals surface area contributed by atoms with Crippen LogP contribution in [0.3, 0.4) is 0 Å². The molecule has 0 spiro atoms. The molecule has 1 N–H and O–H groups in total. The van der Waals surface area contributed by atoms with Gasteiger partial charge in [0.2, 0.25) is 0 Å². The van der Waals surface area contributed by atoms with Gasteiger partial charge in [-0.2, -0.15) is 0 Å². The van der Waals surface area contributed by atoms with Gasteiger partial charge >= 0.3 is 0 Å². The van der Waals surface area contributed by atoms with Crippen LogP contribution in [0.15, 0.2) is 54.8 Å². The summed E-state index contributed by atoms with van der Waals surface area (Å²) in [4.78, 5) is 13.3. The summed E-state index contributed by atoms with van der Waals surface area (Å²) in [7, 11) is 1.57. The van der Waals surface area contributed by atoms with Crippen molar-refractivity contribution in [1.82, 2.24) is 5.01 Å². The van der Waals surface area contributed by atoms with Crippen molar-refractivity contribution in [2.45, 2.75) is 32.9 Å². The maximum atomic E-state index is 14.1. The van der Waals surface area contributed by atoms with Gasteiger partial charge in [0.1, 0.15) is 17.1 Å². The van der Waals surface area contributed by atoms with Gasteiger partial charge in [0.15, 0.2) is 0 Å². The van der Waals surface area contributed by atoms with Crippen molar-refractivity contribution in [3.05, 3.63) is 66.1 Å². The smallest absolute Gasteiger partial charge is 0.270 e. The topological polar surface area (TPSA) is 44.8 Å². The summed E-state index contributed by atoms with van der Waals surface area (Å²) in [6, 6.07) is 8.36. The quantitative estimate of drug-likeness (QED) is 0.754. The molecule has 5 nitrogen and oxygen atoms in total. The van der Waals surface area contributed by atoms with Gasteiger partial charge in [-0.1, -0.05) is 18.7 Å². The number of hydrogen-bond acceptors (Lipinski definition) is 4. The number of anilines is 2. The fourth-order valence-corrected chi connectivity index (χ4v) is 4.07. The maximum Gasteiger partial charge on any atom is 0.270 e. The molecular formula is C23H24FN3O2. The molecule has 4 rings (SSSR count). The number of carbonyl (C=O) groups is 1. The number of amides is 1. The summed E-state index contributed by atoms with van der Waals surface area (Å²) in [6.07, 6.45) is 3.65. The highest BCUT2D eigenvalue weighted by atomic mass is 19.1. The lowest BCUT2D eigenvalue weighted by Gasteiger charge is -2.41. The van der Waals surface area contributed by atoms with E-state index in [2.05, 4.69) is 11.9 Å². The highest BCUT2D eigenvalue weighted by Gasteiger charge is 2.46. The van der Waals surface area contributed by atoms with E-state index in [9.17, 15) is 9.18 Å². The molecule has 29 heavy (non-hydrogen) atoms. The van der Waals surface area contributed by atoms with Crippen molar-refractivity contribution >= 4 is 17.3 Å². The Morgan fingerprint density at radius 2 is 2.03 bits per heavy atom. The van der Waals surface area contributed by atoms with Gasteiger partial charge in [-0.3, -0.25) is 9.80 Å². The molecule has 0 saturated heterocycles. The average Bonchev–Trinajstić information content (AvgIpc) is 3.08. The van der Waals surface area contributed by atoms with E-state index in [4.69, 9.17) is 4.74 Å². The molecule has 0 aliphatic carbocycles. The first kappa shape index (κ1) is 19.1. The van der Waals surface area contributed by atoms with Crippen LogP contribution in [0, 0.1) is 5.82 Å². The van der Waals surface area contributed by atoms with Crippen LogP contribution in [0.4, 0.5) is 15.8 Å². The lowest BCUT2D eigenvalue weighted by atomic mass is 9.93. The lowest BCUT2D eigenvalue weighted by Crippen LogP contribution is -2.57. The number of allylic oxidation sites excluding steroid dienone is 2. The predicted octanol–water partition coefficient (Wildman–Crippen LogP) is 4.86. The number of rotatable bonds is 4. The second kappa shape index (κ2) is 6.65. The van der Waals surface area contributed by atoms with Gasteiger partial charge in [-0.05, 0) is 56.7 Å². The number of methoxy groups -OCH3 is 1. The normalized spacial score (nSPS) is 17.1. The van der Waals surface area contributed by atoms with Crippen LogP contribution in [0.2, 0.25) is 0 Å². The third-order valence-corrected chi connectivity index (χ3v) is 5.47. The van der Waals surface area contributed by atoms with Crippen LogP contribution < -0.4 is 15.1 Å². The Hall–Kier alpha value is -3.28. The van der Waals surface area contributed by atoms with Crippen LogP contribution in [-0.4, -0.2) is 23.6 Å². The molecule has 0 radical (unpaired) electrons. The van der Waals surface area contributed by atoms with E-state index < -0.39 is 5.54 Å². The Balaban J connectivity index is 1.98. The van der Waals surface area contributed by atoms with Gasteiger partial charge in [0.25, 0.3) is 5.91 Å². The summed E-state index contributed by atoms with van der Waals surface area (Å²) < 4.78 is 19.5. The molecule has 0 atom stereocenters. The van der Waals surface area contributed by atoms with Crippen LogP contribution >= 0.6 is 0 Å². The lowest BCUT2D eigenvalue weighted by molar-refractivity contribution is -0.124. The minimum absolute atomic E-state index is 0.0618. The number of ether oxygens (including phenoxy) is 1. The molecule has 2 aromatic rings. The second-order valence-corrected chi connectivity index (χ2v) is 7.67. The van der Waals surface area contributed by atoms with Crippen molar-refractivity contribution in [2.75, 3.05) is 17.4 Å². The van der Waals surface area contributed by atoms with Gasteiger partial charge < -0.3 is 10.1 Å². The molecule has 0 unspecified atom stereocenters. The Bertz CT molecular complexity index is 1060. The van der Waals surface area contributed by atoms with E-state index in [0.717, 1.165) is 28.2 Å². The average molecular weight is 393 g/mol. The van der Waals surface area contributed by atoms with Crippen molar-refractivity contribution in [2.24, 2.45) is 0 Å². The zero-order valence-electron chi connectivity index (χ0n) is 17.0. The number of halogens is 1. The Labute approximate surface area is 170 Å². The minimum Gasteiger partial charge on any atom is -0.496 e. The molecule has 1 amide bonds. The SMILES string of the molecule is C=C/C(=C\C)N1Cc2c(-c3cc(F)ccc3OC)ccc3c2N1C(=O)C(C)(C)N3. The first-order valence-corrected chi connectivity index (χ1v) is 9.51. The van der Waals surface area contributed by atoms with E-state index in [1.165, 1.54) is 12.1 Å². The fourth-order valence-electron chi connectivity index (χ4n) is 4.07. The summed E-state index contributed by atoms with van der Waals surface area (Å²) in [5.74, 6) is 0.180. The van der Waals surface area contributed by atoms with Gasteiger partial charge in [0.05, 0.1) is 30.7 Å². The van der Waals surface area contributed by atoms with E-state index in [0.29, 0.717) is 17.9 Å². The fraction of sp³-hybridized carbons (Fsp3) is 0.261. The number of carbonyl (C=O) groups excluding carboxylic acids is 1. The first-order chi connectivity index (χ1) is 13.8. The standard InChI is InChI=1S/C23H24FN3O2/c1-6-15(7-2)26-13-18-16(17-12-14(24)8-11-20(17)29-5)9-10-19-21(18)27(26)22(28)23(3,4)25-19/h6-12,25H,1,13H2,2-5H3/b15-7+. The number of hydrogen-bond donors (Lipinski definition) is 1. The zero-order valence-corrected chi connectivity index (χ0v) is 17.0. The molecule has 6 heteroatoms. The van der Waals surface area contributed by atoms with Gasteiger partial charge in [-0.25, -0.2) is 9.40 Å². The number of hydrazine groups is 1. The number of benzene rings is 2. The van der Waals surface area contributed by atoms with E-state index in [1.807, 2.05) is 44.0 Å². The van der Waals surface area contributed by atoms with Gasteiger partial charge in [-0.15, -0.1) is 0 Å². The molecule has 0 fully saturated rings. The first-order valence-electron chi connectivity index (χ1n) is 9.51. The summed E-state index contributed by atoms with van der Waals surface area (Å²) >= 11 is 0. The molecule has 2 aromatic carbocycles. The summed E-state index contributed by atoms with van der Waals surface area (Å²) in [5.41, 5.74) is 4.15. The summed E-state index contributed by atoms with van der Waals surface area (Å²) in [5, 5.41) is 6.98. The largest absolute Gasteiger partial charge is 0.496 e. The highest BCUT2D eigenvalue weighted by Crippen LogP contribution is 2.49. The summed E-state index contributed by atoms with van der Waals surface area (Å²) in [6.45, 7) is 10.00. The van der Waals surface area contributed by atoms with Crippen LogP contribution in [0.5, 0.6) is 5.75 Å². The molecular weight excluding hydrogens is 369 g/mol. The van der Waals surface area contributed by atoms with Crippen molar-refractivity contribution in [3.8, 4) is 16.9 Å². The molecule has 2 heterocycles. The predicted molar refractivity (Wildman–Crippen MR) is 113 cm³/mol. The van der Waals surface area contributed by atoms with Crippen LogP contribution in [-0.2, 0) is 11.3 Å². The molecule has 0 aromatic heterocycles. The van der Waals surface area contributed by atoms with Crippen molar-refractivity contribution in [3.63, 3.8) is 0 Å². The van der Waals surface area contributed by atoms with Crippen LogP contribution in [0.1, 0.15) is 26.3 Å². The molecule has 0 bridgehead atoms. The minimum atomic E-state index is -0.759. The van der Waals surface area contributed by atoms with Crippen molar-refractivity contribution < 1.29 is 13.9 Å². The Morgan fingerprint density at radius 3 is 2.69 bits per heavy atom. The van der Waals surface area contributed by atoms with E-state index in [1.54, 1.807) is 24.3 Å². The second-order valence-electron chi connectivity index (χ2n) is 7.67. The monoisotopic (exact) mass is 393 g/mol. The maximum absolute atomic E-state index is 14.1. The van der Waals surface area contributed by atoms with E-state index >= 15 is 0 Å². The third kappa shape index (κ3) is 2.78. The molecule has 150 valence electrons. The number of nitrogens with zero attached hydrogens (tertiary/aromatic N) is 2.